The molecular weight excluding hydrogens is 362 g/mol. The van der Waals surface area contributed by atoms with Crippen molar-refractivity contribution in [3.63, 3.8) is 0 Å². The molecule has 0 fully saturated rings. The fourth-order valence-electron chi connectivity index (χ4n) is 2.82. The van der Waals surface area contributed by atoms with Gasteiger partial charge in [-0.1, -0.05) is 42.5 Å². The molecule has 0 amide bonds. The van der Waals surface area contributed by atoms with Gasteiger partial charge in [0, 0.05) is 42.3 Å². The summed E-state index contributed by atoms with van der Waals surface area (Å²) in [5.74, 6) is 0. The van der Waals surface area contributed by atoms with Gasteiger partial charge in [-0.05, 0) is 24.6 Å². The smallest absolute Gasteiger partial charge is 0.241 e. The van der Waals surface area contributed by atoms with Crippen molar-refractivity contribution in [3.05, 3.63) is 72.6 Å². The number of benzene rings is 2. The van der Waals surface area contributed by atoms with Gasteiger partial charge in [0.2, 0.25) is 10.0 Å². The van der Waals surface area contributed by atoms with Crippen LogP contribution in [-0.2, 0) is 10.0 Å². The van der Waals surface area contributed by atoms with Gasteiger partial charge in [-0.3, -0.25) is 4.98 Å². The summed E-state index contributed by atoms with van der Waals surface area (Å²) in [6.45, 7) is 2.42. The summed E-state index contributed by atoms with van der Waals surface area (Å²) in [5, 5.41) is 14.8. The first kappa shape index (κ1) is 19.4. The molecule has 0 aliphatic rings. The zero-order valence-electron chi connectivity index (χ0n) is 15.0. The Morgan fingerprint density at radius 1 is 1.04 bits per heavy atom. The number of fused-ring (bicyclic) bond motifs is 1. The molecule has 2 atom stereocenters. The van der Waals surface area contributed by atoms with E-state index in [0.717, 1.165) is 10.9 Å². The quantitative estimate of drug-likeness (QED) is 0.553. The van der Waals surface area contributed by atoms with Crippen LogP contribution >= 0.6 is 0 Å². The summed E-state index contributed by atoms with van der Waals surface area (Å²) in [6.07, 6.45) is 2.58. The Balaban J connectivity index is 1.60. The van der Waals surface area contributed by atoms with Crippen LogP contribution in [0.2, 0.25) is 0 Å². The molecule has 2 unspecified atom stereocenters. The van der Waals surface area contributed by atoms with E-state index in [9.17, 15) is 13.5 Å². The lowest BCUT2D eigenvalue weighted by Crippen LogP contribution is -2.40. The first-order valence-electron chi connectivity index (χ1n) is 8.76. The van der Waals surface area contributed by atoms with E-state index in [-0.39, 0.29) is 17.5 Å². The Morgan fingerprint density at radius 3 is 2.59 bits per heavy atom. The largest absolute Gasteiger partial charge is 0.387 e. The topological polar surface area (TPSA) is 91.3 Å². The molecule has 27 heavy (non-hydrogen) atoms. The molecule has 0 radical (unpaired) electrons. The van der Waals surface area contributed by atoms with E-state index in [2.05, 4.69) is 15.0 Å². The Bertz CT molecular complexity index is 988. The van der Waals surface area contributed by atoms with Crippen LogP contribution in [0.3, 0.4) is 0 Å². The number of pyridine rings is 1. The molecule has 0 aliphatic carbocycles. The number of aromatic nitrogens is 1. The number of nitrogens with zero attached hydrogens (tertiary/aromatic N) is 1. The van der Waals surface area contributed by atoms with Gasteiger partial charge in [-0.2, -0.15) is 0 Å². The number of nitrogens with one attached hydrogen (secondary N) is 2. The van der Waals surface area contributed by atoms with Crippen LogP contribution in [-0.4, -0.2) is 37.6 Å². The van der Waals surface area contributed by atoms with Gasteiger partial charge in [0.1, 0.15) is 0 Å². The highest BCUT2D eigenvalue weighted by atomic mass is 32.2. The van der Waals surface area contributed by atoms with Crippen molar-refractivity contribution in [1.29, 1.82) is 0 Å². The third-order valence-corrected chi connectivity index (χ3v) is 5.84. The molecule has 0 bridgehead atoms. The minimum Gasteiger partial charge on any atom is -0.387 e. The fourth-order valence-corrected chi connectivity index (χ4v) is 4.18. The molecule has 1 aromatic heterocycles. The molecule has 7 heteroatoms. The van der Waals surface area contributed by atoms with Crippen LogP contribution in [0.5, 0.6) is 0 Å². The van der Waals surface area contributed by atoms with Crippen LogP contribution in [0.15, 0.2) is 71.9 Å². The summed E-state index contributed by atoms with van der Waals surface area (Å²) in [4.78, 5) is 4.26. The maximum absolute atomic E-state index is 12.7. The van der Waals surface area contributed by atoms with Gasteiger partial charge >= 0.3 is 0 Å². The zero-order chi connectivity index (χ0) is 19.3. The number of hydrogen-bond acceptors (Lipinski definition) is 5. The second-order valence-electron chi connectivity index (χ2n) is 6.44. The SMILES string of the molecule is CC(CNS(=O)(=O)c1cccc2cnccc12)NCC(O)c1ccccc1. The van der Waals surface area contributed by atoms with Crippen molar-refractivity contribution in [2.45, 2.75) is 24.0 Å². The predicted molar refractivity (Wildman–Crippen MR) is 106 cm³/mol. The van der Waals surface area contributed by atoms with Gasteiger partial charge in [-0.25, -0.2) is 13.1 Å². The summed E-state index contributed by atoms with van der Waals surface area (Å²) in [7, 11) is -3.65. The van der Waals surface area contributed by atoms with Crippen LogP contribution in [0, 0.1) is 0 Å². The average molecular weight is 385 g/mol. The highest BCUT2D eigenvalue weighted by molar-refractivity contribution is 7.89. The van der Waals surface area contributed by atoms with Crippen LogP contribution in [0.25, 0.3) is 10.8 Å². The van der Waals surface area contributed by atoms with E-state index >= 15 is 0 Å². The summed E-state index contributed by atoms with van der Waals surface area (Å²) in [5.41, 5.74) is 0.821. The number of sulfonamides is 1. The van der Waals surface area contributed by atoms with Crippen molar-refractivity contribution in [2.24, 2.45) is 0 Å². The van der Waals surface area contributed by atoms with Crippen molar-refractivity contribution in [2.75, 3.05) is 13.1 Å². The summed E-state index contributed by atoms with van der Waals surface area (Å²) >= 11 is 0. The monoisotopic (exact) mass is 385 g/mol. The van der Waals surface area contributed by atoms with Crippen molar-refractivity contribution in [3.8, 4) is 0 Å². The van der Waals surface area contributed by atoms with E-state index in [4.69, 9.17) is 0 Å². The van der Waals surface area contributed by atoms with Gasteiger partial charge in [0.05, 0.1) is 11.0 Å². The van der Waals surface area contributed by atoms with E-state index < -0.39 is 16.1 Å². The molecular formula is C20H23N3O3S. The number of aliphatic hydroxyl groups excluding tert-OH is 1. The Kier molecular flexibility index (Phi) is 6.18. The van der Waals surface area contributed by atoms with Crippen molar-refractivity contribution >= 4 is 20.8 Å². The molecule has 1 heterocycles. The Labute approximate surface area is 159 Å². The van der Waals surface area contributed by atoms with E-state index in [1.807, 2.05) is 43.3 Å². The van der Waals surface area contributed by atoms with Crippen LogP contribution in [0.4, 0.5) is 0 Å². The average Bonchev–Trinajstić information content (AvgIpc) is 2.70. The third-order valence-electron chi connectivity index (χ3n) is 4.35. The first-order valence-corrected chi connectivity index (χ1v) is 10.2. The maximum atomic E-state index is 12.7. The van der Waals surface area contributed by atoms with E-state index in [1.165, 1.54) is 0 Å². The third kappa shape index (κ3) is 4.90. The Hall–Kier alpha value is -2.32. The van der Waals surface area contributed by atoms with Gasteiger partial charge in [-0.15, -0.1) is 0 Å². The minimum atomic E-state index is -3.65. The minimum absolute atomic E-state index is 0.144. The molecule has 3 N–H and O–H groups in total. The maximum Gasteiger partial charge on any atom is 0.241 e. The van der Waals surface area contributed by atoms with Crippen LogP contribution in [0.1, 0.15) is 18.6 Å². The first-order chi connectivity index (χ1) is 13.0. The molecule has 3 rings (SSSR count). The Morgan fingerprint density at radius 2 is 1.81 bits per heavy atom. The van der Waals surface area contributed by atoms with Crippen LogP contribution < -0.4 is 10.0 Å². The molecule has 3 aromatic rings. The highest BCUT2D eigenvalue weighted by Crippen LogP contribution is 2.21. The number of aliphatic hydroxyl groups is 1. The van der Waals surface area contributed by atoms with E-state index in [0.29, 0.717) is 11.9 Å². The summed E-state index contributed by atoms with van der Waals surface area (Å²) in [6, 6.07) is 16.0. The second-order valence-corrected chi connectivity index (χ2v) is 8.18. The standard InChI is InChI=1S/C20H23N3O3S/c1-15(22-14-19(24)16-6-3-2-4-7-16)12-23-27(25,26)20-9-5-8-17-13-21-11-10-18(17)20/h2-11,13,15,19,22-24H,12,14H2,1H3. The molecule has 142 valence electrons. The number of hydrogen-bond donors (Lipinski definition) is 3. The summed E-state index contributed by atoms with van der Waals surface area (Å²) < 4.78 is 28.0. The predicted octanol–water partition coefficient (Wildman–Crippen LogP) is 2.22. The molecule has 0 aliphatic heterocycles. The van der Waals surface area contributed by atoms with Gasteiger partial charge in [0.15, 0.2) is 0 Å². The lowest BCUT2D eigenvalue weighted by Gasteiger charge is -2.18. The van der Waals surface area contributed by atoms with Gasteiger partial charge < -0.3 is 10.4 Å². The molecule has 0 spiro atoms. The molecule has 2 aromatic carbocycles. The fraction of sp³-hybridized carbons (Fsp3) is 0.250. The lowest BCUT2D eigenvalue weighted by atomic mass is 10.1. The number of rotatable bonds is 8. The van der Waals surface area contributed by atoms with Crippen molar-refractivity contribution < 1.29 is 13.5 Å². The molecule has 6 nitrogen and oxygen atoms in total. The molecule has 0 saturated carbocycles. The second kappa shape index (κ2) is 8.58. The highest BCUT2D eigenvalue weighted by Gasteiger charge is 2.18. The zero-order valence-corrected chi connectivity index (χ0v) is 15.9. The van der Waals surface area contributed by atoms with Crippen molar-refractivity contribution in [1.82, 2.24) is 15.0 Å². The van der Waals surface area contributed by atoms with E-state index in [1.54, 1.807) is 30.6 Å². The normalized spacial score (nSPS) is 14.1. The lowest BCUT2D eigenvalue weighted by molar-refractivity contribution is 0.171. The molecule has 0 saturated heterocycles. The van der Waals surface area contributed by atoms with Gasteiger partial charge in [0.25, 0.3) is 0 Å².